The van der Waals surface area contributed by atoms with Gasteiger partial charge in [0.05, 0.1) is 0 Å². The summed E-state index contributed by atoms with van der Waals surface area (Å²) >= 11 is 5.64. The van der Waals surface area contributed by atoms with Crippen LogP contribution in [-0.2, 0) is 0 Å². The highest BCUT2D eigenvalue weighted by Gasteiger charge is 2.05. The lowest BCUT2D eigenvalue weighted by Crippen LogP contribution is -2.07. The Morgan fingerprint density at radius 3 is 2.56 bits per heavy atom. The number of hydrogen-bond donors (Lipinski definition) is 1. The Bertz CT molecular complexity index is 353. The van der Waals surface area contributed by atoms with E-state index >= 15 is 0 Å². The number of rotatable bonds is 8. The minimum atomic E-state index is 0.370. The fraction of sp³-hybridized carbons (Fsp3) is 0.714. The van der Waals surface area contributed by atoms with Gasteiger partial charge in [-0.3, -0.25) is 0 Å². The van der Waals surface area contributed by atoms with E-state index in [4.69, 9.17) is 11.6 Å². The van der Waals surface area contributed by atoms with Crippen molar-refractivity contribution in [3.8, 4) is 0 Å². The SMILES string of the molecule is Cc1cc(NCCCCCCCl)nc(C(C)C)n1. The van der Waals surface area contributed by atoms with Gasteiger partial charge in [0.1, 0.15) is 11.6 Å². The molecule has 3 nitrogen and oxygen atoms in total. The summed E-state index contributed by atoms with van der Waals surface area (Å²) < 4.78 is 0. The zero-order valence-corrected chi connectivity index (χ0v) is 12.4. The Morgan fingerprint density at radius 1 is 1.17 bits per heavy atom. The van der Waals surface area contributed by atoms with Gasteiger partial charge in [-0.25, -0.2) is 9.97 Å². The average Bonchev–Trinajstić information content (AvgIpc) is 2.33. The molecule has 0 aliphatic carbocycles. The van der Waals surface area contributed by atoms with Crippen LogP contribution in [-0.4, -0.2) is 22.4 Å². The molecule has 1 N–H and O–H groups in total. The van der Waals surface area contributed by atoms with Crippen molar-refractivity contribution in [1.82, 2.24) is 9.97 Å². The van der Waals surface area contributed by atoms with Crippen LogP contribution in [0.5, 0.6) is 0 Å². The summed E-state index contributed by atoms with van der Waals surface area (Å²) in [5.74, 6) is 3.01. The molecule has 0 amide bonds. The van der Waals surface area contributed by atoms with Crippen molar-refractivity contribution in [2.75, 3.05) is 17.7 Å². The summed E-state index contributed by atoms with van der Waals surface area (Å²) in [5, 5.41) is 3.37. The van der Waals surface area contributed by atoms with Gasteiger partial charge in [0, 0.05) is 30.1 Å². The van der Waals surface area contributed by atoms with Gasteiger partial charge in [-0.1, -0.05) is 26.7 Å². The second-order valence-electron chi connectivity index (χ2n) is 4.94. The van der Waals surface area contributed by atoms with Gasteiger partial charge >= 0.3 is 0 Å². The number of nitrogens with zero attached hydrogens (tertiary/aromatic N) is 2. The van der Waals surface area contributed by atoms with Gasteiger partial charge in [-0.2, -0.15) is 0 Å². The van der Waals surface area contributed by atoms with Gasteiger partial charge in [0.2, 0.25) is 0 Å². The summed E-state index contributed by atoms with van der Waals surface area (Å²) in [5.41, 5.74) is 1.03. The molecule has 0 unspecified atom stereocenters. The number of alkyl halides is 1. The van der Waals surface area contributed by atoms with Crippen molar-refractivity contribution < 1.29 is 0 Å². The molecule has 0 aliphatic heterocycles. The largest absolute Gasteiger partial charge is 0.370 e. The third-order valence-electron chi connectivity index (χ3n) is 2.75. The molecule has 18 heavy (non-hydrogen) atoms. The molecule has 0 atom stereocenters. The third kappa shape index (κ3) is 5.67. The maximum atomic E-state index is 5.64. The van der Waals surface area contributed by atoms with Gasteiger partial charge in [-0.15, -0.1) is 11.6 Å². The Kier molecular flexibility index (Phi) is 7.02. The van der Waals surface area contributed by atoms with E-state index in [1.165, 1.54) is 12.8 Å². The van der Waals surface area contributed by atoms with Crippen LogP contribution in [0, 0.1) is 6.92 Å². The van der Waals surface area contributed by atoms with E-state index < -0.39 is 0 Å². The molecular formula is C14H24ClN3. The molecule has 4 heteroatoms. The van der Waals surface area contributed by atoms with Crippen molar-refractivity contribution in [3.63, 3.8) is 0 Å². The number of anilines is 1. The molecule has 0 aliphatic rings. The van der Waals surface area contributed by atoms with E-state index in [0.29, 0.717) is 5.92 Å². The van der Waals surface area contributed by atoms with Crippen LogP contribution in [0.3, 0.4) is 0 Å². The molecule has 0 radical (unpaired) electrons. The fourth-order valence-corrected chi connectivity index (χ4v) is 1.92. The monoisotopic (exact) mass is 269 g/mol. The van der Waals surface area contributed by atoms with E-state index in [1.807, 2.05) is 13.0 Å². The summed E-state index contributed by atoms with van der Waals surface area (Å²) in [4.78, 5) is 8.96. The van der Waals surface area contributed by atoms with Crippen molar-refractivity contribution in [2.24, 2.45) is 0 Å². The standard InChI is InChI=1S/C14H24ClN3/c1-11(2)14-17-12(3)10-13(18-14)16-9-7-5-4-6-8-15/h10-11H,4-9H2,1-3H3,(H,16,17,18). The second-order valence-corrected chi connectivity index (χ2v) is 5.32. The third-order valence-corrected chi connectivity index (χ3v) is 3.02. The number of aryl methyl sites for hydroxylation is 1. The predicted octanol–water partition coefficient (Wildman–Crippen LogP) is 4.12. The zero-order chi connectivity index (χ0) is 13.4. The molecule has 0 aromatic carbocycles. The zero-order valence-electron chi connectivity index (χ0n) is 11.7. The summed E-state index contributed by atoms with van der Waals surface area (Å²) in [6.07, 6.45) is 4.72. The van der Waals surface area contributed by atoms with E-state index in [1.54, 1.807) is 0 Å². The maximum absolute atomic E-state index is 5.64. The van der Waals surface area contributed by atoms with Crippen LogP contribution in [0.2, 0.25) is 0 Å². The van der Waals surface area contributed by atoms with Crippen LogP contribution in [0.1, 0.15) is 57.0 Å². The minimum Gasteiger partial charge on any atom is -0.370 e. The van der Waals surface area contributed by atoms with Gasteiger partial charge < -0.3 is 5.32 Å². The number of nitrogens with one attached hydrogen (secondary N) is 1. The Labute approximate surface area is 115 Å². The molecule has 1 aromatic heterocycles. The summed E-state index contributed by atoms with van der Waals surface area (Å²) in [7, 11) is 0. The number of unbranched alkanes of at least 4 members (excludes halogenated alkanes) is 3. The van der Waals surface area contributed by atoms with Gasteiger partial charge in [0.15, 0.2) is 0 Å². The molecule has 0 saturated carbocycles. The normalized spacial score (nSPS) is 10.9. The first-order valence-electron chi connectivity index (χ1n) is 6.79. The maximum Gasteiger partial charge on any atom is 0.133 e. The molecule has 0 fully saturated rings. The smallest absolute Gasteiger partial charge is 0.133 e. The van der Waals surface area contributed by atoms with Gasteiger partial charge in [-0.05, 0) is 19.8 Å². The first-order chi connectivity index (χ1) is 8.63. The van der Waals surface area contributed by atoms with Gasteiger partial charge in [0.25, 0.3) is 0 Å². The lowest BCUT2D eigenvalue weighted by molar-refractivity contribution is 0.685. The number of hydrogen-bond acceptors (Lipinski definition) is 3. The van der Waals surface area contributed by atoms with E-state index in [2.05, 4.69) is 29.1 Å². The molecule has 102 valence electrons. The van der Waals surface area contributed by atoms with Crippen molar-refractivity contribution in [2.45, 2.75) is 52.4 Å². The molecule has 1 heterocycles. The quantitative estimate of drug-likeness (QED) is 0.570. The predicted molar refractivity (Wildman–Crippen MR) is 78.5 cm³/mol. The Hall–Kier alpha value is -0.830. The van der Waals surface area contributed by atoms with Crippen LogP contribution in [0.25, 0.3) is 0 Å². The molecule has 1 aromatic rings. The van der Waals surface area contributed by atoms with Crippen molar-refractivity contribution in [3.05, 3.63) is 17.6 Å². The molecular weight excluding hydrogens is 246 g/mol. The topological polar surface area (TPSA) is 37.8 Å². The molecule has 0 bridgehead atoms. The highest BCUT2D eigenvalue weighted by Crippen LogP contribution is 2.13. The summed E-state index contributed by atoms with van der Waals surface area (Å²) in [6.45, 7) is 7.21. The first kappa shape index (κ1) is 15.2. The number of aromatic nitrogens is 2. The Balaban J connectivity index is 2.37. The second kappa shape index (κ2) is 8.30. The van der Waals surface area contributed by atoms with Crippen molar-refractivity contribution in [1.29, 1.82) is 0 Å². The Morgan fingerprint density at radius 2 is 1.89 bits per heavy atom. The minimum absolute atomic E-state index is 0.370. The van der Waals surface area contributed by atoms with E-state index in [-0.39, 0.29) is 0 Å². The number of halogens is 1. The van der Waals surface area contributed by atoms with Crippen molar-refractivity contribution >= 4 is 17.4 Å². The van der Waals surface area contributed by atoms with E-state index in [9.17, 15) is 0 Å². The van der Waals surface area contributed by atoms with Crippen LogP contribution >= 0.6 is 11.6 Å². The summed E-state index contributed by atoms with van der Waals surface area (Å²) in [6, 6.07) is 2.00. The lowest BCUT2D eigenvalue weighted by atomic mass is 10.2. The average molecular weight is 270 g/mol. The highest BCUT2D eigenvalue weighted by molar-refractivity contribution is 6.17. The highest BCUT2D eigenvalue weighted by atomic mass is 35.5. The molecule has 0 saturated heterocycles. The van der Waals surface area contributed by atoms with E-state index in [0.717, 1.165) is 42.6 Å². The van der Waals surface area contributed by atoms with Crippen LogP contribution < -0.4 is 5.32 Å². The molecule has 1 rings (SSSR count). The first-order valence-corrected chi connectivity index (χ1v) is 7.32. The van der Waals surface area contributed by atoms with Crippen LogP contribution in [0.4, 0.5) is 5.82 Å². The lowest BCUT2D eigenvalue weighted by Gasteiger charge is -2.10. The fourth-order valence-electron chi connectivity index (χ4n) is 1.73. The molecule has 0 spiro atoms. The van der Waals surface area contributed by atoms with Crippen LogP contribution in [0.15, 0.2) is 6.07 Å².